The predicted octanol–water partition coefficient (Wildman–Crippen LogP) is 5.61. The van der Waals surface area contributed by atoms with Crippen molar-refractivity contribution >= 4 is 48.9 Å². The van der Waals surface area contributed by atoms with Gasteiger partial charge in [-0.3, -0.25) is 4.72 Å². The number of hydrogen-bond acceptors (Lipinski definition) is 6. The van der Waals surface area contributed by atoms with Gasteiger partial charge in [0.1, 0.15) is 22.3 Å². The first kappa shape index (κ1) is 21.1. The lowest BCUT2D eigenvalue weighted by molar-refractivity contribution is 0.415. The van der Waals surface area contributed by atoms with E-state index < -0.39 is 10.0 Å². The van der Waals surface area contributed by atoms with Crippen LogP contribution in [0.4, 0.5) is 5.69 Å². The van der Waals surface area contributed by atoms with Crippen LogP contribution in [-0.2, 0) is 10.0 Å². The molecule has 6 nitrogen and oxygen atoms in total. The zero-order chi connectivity index (χ0) is 22.2. The third-order valence-corrected chi connectivity index (χ3v) is 7.26. The van der Waals surface area contributed by atoms with Gasteiger partial charge in [-0.2, -0.15) is 5.26 Å². The molecule has 9 heteroatoms. The smallest absolute Gasteiger partial charge is 0.261 e. The van der Waals surface area contributed by atoms with Gasteiger partial charge in [-0.05, 0) is 48.9 Å². The highest BCUT2D eigenvalue weighted by Crippen LogP contribution is 2.43. The number of aromatic nitrogens is 1. The fourth-order valence-corrected chi connectivity index (χ4v) is 5.74. The third-order valence-electron chi connectivity index (χ3n) is 4.66. The summed E-state index contributed by atoms with van der Waals surface area (Å²) in [5, 5.41) is 10.4. The van der Waals surface area contributed by atoms with Crippen molar-refractivity contribution in [2.24, 2.45) is 0 Å². The van der Waals surface area contributed by atoms with E-state index in [0.717, 1.165) is 16.0 Å². The average Bonchev–Trinajstić information content (AvgIpc) is 3.09. The van der Waals surface area contributed by atoms with E-state index in [1.165, 1.54) is 29.5 Å². The van der Waals surface area contributed by atoms with Gasteiger partial charge in [0.15, 0.2) is 0 Å². The summed E-state index contributed by atoms with van der Waals surface area (Å²) < 4.78 is 34.1. The van der Waals surface area contributed by atoms with Crippen LogP contribution in [0, 0.1) is 18.3 Å². The van der Waals surface area contributed by atoms with Gasteiger partial charge in [0.05, 0.1) is 17.7 Å². The molecule has 0 radical (unpaired) electrons. The molecule has 1 N–H and O–H groups in total. The number of nitriles is 1. The molecule has 0 amide bonds. The second-order valence-corrected chi connectivity index (χ2v) is 10.00. The maximum Gasteiger partial charge on any atom is 0.261 e. The second kappa shape index (κ2) is 8.19. The summed E-state index contributed by atoms with van der Waals surface area (Å²) in [6, 6.07) is 16.9. The van der Waals surface area contributed by atoms with Crippen LogP contribution in [0.5, 0.6) is 5.75 Å². The van der Waals surface area contributed by atoms with Gasteiger partial charge in [-0.25, -0.2) is 13.4 Å². The Morgan fingerprint density at radius 2 is 1.94 bits per heavy atom. The van der Waals surface area contributed by atoms with Crippen LogP contribution in [0.2, 0.25) is 5.02 Å². The Balaban J connectivity index is 1.95. The number of halogens is 1. The maximum absolute atomic E-state index is 13.1. The first-order valence-electron chi connectivity index (χ1n) is 9.09. The molecular formula is C22H16ClN3O3S2. The molecule has 0 bridgehead atoms. The lowest BCUT2D eigenvalue weighted by atomic mass is 10.0. The van der Waals surface area contributed by atoms with Crippen LogP contribution in [0.3, 0.4) is 0 Å². The van der Waals surface area contributed by atoms with Gasteiger partial charge in [0.2, 0.25) is 0 Å². The quantitative estimate of drug-likeness (QED) is 0.410. The molecule has 0 saturated carbocycles. The lowest BCUT2D eigenvalue weighted by Crippen LogP contribution is -2.13. The molecule has 0 aliphatic heterocycles. The molecule has 2 aromatic heterocycles. The SMILES string of the molecule is COc1cccc(-c2c(C)sc3nc(C#N)cc(NS(=O)(=O)c4cccc(Cl)c4)c23)c1. The number of fused-ring (bicyclic) bond motifs is 1. The number of anilines is 1. The van der Waals surface area contributed by atoms with E-state index in [1.54, 1.807) is 19.2 Å². The van der Waals surface area contributed by atoms with E-state index >= 15 is 0 Å². The Labute approximate surface area is 188 Å². The number of nitrogens with zero attached hydrogens (tertiary/aromatic N) is 2. The Bertz CT molecular complexity index is 1460. The molecule has 2 aromatic carbocycles. The van der Waals surface area contributed by atoms with Crippen LogP contribution >= 0.6 is 22.9 Å². The molecule has 156 valence electrons. The molecule has 0 aliphatic rings. The largest absolute Gasteiger partial charge is 0.497 e. The fourth-order valence-electron chi connectivity index (χ4n) is 3.31. The van der Waals surface area contributed by atoms with Gasteiger partial charge in [-0.1, -0.05) is 29.8 Å². The van der Waals surface area contributed by atoms with E-state index in [4.69, 9.17) is 16.3 Å². The molecule has 0 atom stereocenters. The Kier molecular flexibility index (Phi) is 5.58. The first-order valence-corrected chi connectivity index (χ1v) is 11.8. The highest BCUT2D eigenvalue weighted by Gasteiger charge is 2.22. The maximum atomic E-state index is 13.1. The monoisotopic (exact) mass is 469 g/mol. The number of pyridine rings is 1. The van der Waals surface area contributed by atoms with Gasteiger partial charge >= 0.3 is 0 Å². The normalized spacial score (nSPS) is 11.3. The Morgan fingerprint density at radius 3 is 2.65 bits per heavy atom. The molecular weight excluding hydrogens is 454 g/mol. The van der Waals surface area contributed by atoms with Crippen LogP contribution in [-0.4, -0.2) is 20.5 Å². The van der Waals surface area contributed by atoms with Crippen molar-refractivity contribution in [3.8, 4) is 22.9 Å². The van der Waals surface area contributed by atoms with Crippen molar-refractivity contribution in [2.75, 3.05) is 11.8 Å². The minimum Gasteiger partial charge on any atom is -0.497 e. The standard InChI is InChI=1S/C22H16ClN3O3S2/c1-13-20(14-5-3-7-17(9-14)29-2)21-19(11-16(12-24)25-22(21)30-13)26-31(27,28)18-8-4-6-15(23)10-18/h3-11H,1-2H3,(H,25,26). The summed E-state index contributed by atoms with van der Waals surface area (Å²) in [5.41, 5.74) is 2.09. The van der Waals surface area contributed by atoms with Gasteiger partial charge in [0, 0.05) is 20.8 Å². The van der Waals surface area contributed by atoms with Gasteiger partial charge in [-0.15, -0.1) is 11.3 Å². The van der Waals surface area contributed by atoms with Crippen LogP contribution in [0.1, 0.15) is 10.6 Å². The van der Waals surface area contributed by atoms with Crippen LogP contribution in [0.25, 0.3) is 21.3 Å². The molecule has 31 heavy (non-hydrogen) atoms. The number of rotatable bonds is 5. The number of benzene rings is 2. The fraction of sp³-hybridized carbons (Fsp3) is 0.0909. The van der Waals surface area contributed by atoms with E-state index in [0.29, 0.717) is 21.0 Å². The second-order valence-electron chi connectivity index (χ2n) is 6.68. The van der Waals surface area contributed by atoms with E-state index in [1.807, 2.05) is 37.3 Å². The zero-order valence-corrected chi connectivity index (χ0v) is 18.9. The minimum atomic E-state index is -3.95. The van der Waals surface area contributed by atoms with E-state index in [9.17, 15) is 13.7 Å². The number of hydrogen-bond donors (Lipinski definition) is 1. The zero-order valence-electron chi connectivity index (χ0n) is 16.5. The first-order chi connectivity index (χ1) is 14.8. The highest BCUT2D eigenvalue weighted by molar-refractivity contribution is 7.92. The van der Waals surface area contributed by atoms with Crippen molar-refractivity contribution in [3.63, 3.8) is 0 Å². The summed E-state index contributed by atoms with van der Waals surface area (Å²) in [6.07, 6.45) is 0. The highest BCUT2D eigenvalue weighted by atomic mass is 35.5. The minimum absolute atomic E-state index is 0.0263. The van der Waals surface area contributed by atoms with E-state index in [-0.39, 0.29) is 16.3 Å². The number of aryl methyl sites for hydroxylation is 1. The predicted molar refractivity (Wildman–Crippen MR) is 123 cm³/mol. The summed E-state index contributed by atoms with van der Waals surface area (Å²) in [4.78, 5) is 5.92. The van der Waals surface area contributed by atoms with Crippen LogP contribution < -0.4 is 9.46 Å². The molecule has 4 rings (SSSR count). The summed E-state index contributed by atoms with van der Waals surface area (Å²) in [5.74, 6) is 0.680. The molecule has 0 spiro atoms. The molecule has 0 fully saturated rings. The summed E-state index contributed by atoms with van der Waals surface area (Å²) in [7, 11) is -2.36. The van der Waals surface area contributed by atoms with E-state index in [2.05, 4.69) is 9.71 Å². The Hall–Kier alpha value is -3.12. The number of thiophene rings is 1. The van der Waals surface area contributed by atoms with Crippen molar-refractivity contribution in [2.45, 2.75) is 11.8 Å². The topological polar surface area (TPSA) is 92.1 Å². The molecule has 0 aliphatic carbocycles. The van der Waals surface area contributed by atoms with Crippen molar-refractivity contribution < 1.29 is 13.2 Å². The summed E-state index contributed by atoms with van der Waals surface area (Å²) >= 11 is 7.37. The van der Waals surface area contributed by atoms with Gasteiger partial charge in [0.25, 0.3) is 10.0 Å². The number of nitrogens with one attached hydrogen (secondary N) is 1. The van der Waals surface area contributed by atoms with Gasteiger partial charge < -0.3 is 4.74 Å². The number of methoxy groups -OCH3 is 1. The summed E-state index contributed by atoms with van der Waals surface area (Å²) in [6.45, 7) is 1.93. The molecule has 0 unspecified atom stereocenters. The number of sulfonamides is 1. The van der Waals surface area contributed by atoms with Crippen molar-refractivity contribution in [1.29, 1.82) is 5.26 Å². The average molecular weight is 470 g/mol. The molecule has 2 heterocycles. The lowest BCUT2D eigenvalue weighted by Gasteiger charge is -2.12. The third kappa shape index (κ3) is 4.08. The molecule has 0 saturated heterocycles. The molecule has 4 aromatic rings. The number of ether oxygens (including phenoxy) is 1. The van der Waals surface area contributed by atoms with Crippen LogP contribution in [0.15, 0.2) is 59.5 Å². The Morgan fingerprint density at radius 1 is 1.16 bits per heavy atom. The van der Waals surface area contributed by atoms with Crippen molar-refractivity contribution in [1.82, 2.24) is 4.98 Å². The van der Waals surface area contributed by atoms with Crippen molar-refractivity contribution in [3.05, 3.63) is 70.2 Å².